The number of anilines is 1. The predicted octanol–water partition coefficient (Wildman–Crippen LogP) is -0.986. The molecule has 2 atom stereocenters. The lowest BCUT2D eigenvalue weighted by molar-refractivity contribution is -0.152. The highest BCUT2D eigenvalue weighted by Gasteiger charge is 2.39. The van der Waals surface area contributed by atoms with Crippen LogP contribution in [-0.4, -0.2) is 108 Å². The maximum atomic E-state index is 12.5. The SMILES string of the molecule is CNC(=O)CCN1C(=O)CC(SC[C@@H](C=O)NC(=O)COCC(=O)Nc2ccc(CCC(=O)N3CCC3=O)cc2)C1=O. The Balaban J connectivity index is 1.31. The normalized spacial score (nSPS) is 17.0. The second kappa shape index (κ2) is 15.8. The summed E-state index contributed by atoms with van der Waals surface area (Å²) in [6.07, 6.45) is 1.53. The number of rotatable bonds is 16. The van der Waals surface area contributed by atoms with E-state index in [0.29, 0.717) is 31.4 Å². The van der Waals surface area contributed by atoms with Gasteiger partial charge in [-0.05, 0) is 24.1 Å². The van der Waals surface area contributed by atoms with Crippen molar-refractivity contribution in [3.8, 4) is 0 Å². The number of likely N-dealkylation sites (tertiary alicyclic amines) is 2. The van der Waals surface area contributed by atoms with Gasteiger partial charge in [0, 0.05) is 57.3 Å². The first kappa shape index (κ1) is 32.4. The van der Waals surface area contributed by atoms with Crippen molar-refractivity contribution in [2.75, 3.05) is 44.4 Å². The molecule has 0 spiro atoms. The molecular weight excluding hydrogens is 570 g/mol. The van der Waals surface area contributed by atoms with Crippen LogP contribution in [0.25, 0.3) is 0 Å². The third-order valence-corrected chi connectivity index (χ3v) is 7.84. The Labute approximate surface area is 246 Å². The maximum Gasteiger partial charge on any atom is 0.250 e. The molecule has 15 heteroatoms. The summed E-state index contributed by atoms with van der Waals surface area (Å²) in [7, 11) is 1.46. The first-order valence-corrected chi connectivity index (χ1v) is 14.4. The van der Waals surface area contributed by atoms with Gasteiger partial charge in [0.05, 0.1) is 11.3 Å². The molecule has 2 aliphatic heterocycles. The third kappa shape index (κ3) is 9.48. The molecule has 42 heavy (non-hydrogen) atoms. The zero-order valence-corrected chi connectivity index (χ0v) is 23.9. The molecule has 1 aromatic carbocycles. The van der Waals surface area contributed by atoms with Crippen LogP contribution in [0.3, 0.4) is 0 Å². The van der Waals surface area contributed by atoms with Crippen molar-refractivity contribution in [2.45, 2.75) is 43.4 Å². The number of amides is 7. The summed E-state index contributed by atoms with van der Waals surface area (Å²) in [6, 6.07) is 5.89. The molecule has 0 aliphatic carbocycles. The van der Waals surface area contributed by atoms with E-state index in [0.717, 1.165) is 22.2 Å². The van der Waals surface area contributed by atoms with Gasteiger partial charge >= 0.3 is 0 Å². The summed E-state index contributed by atoms with van der Waals surface area (Å²) >= 11 is 1.06. The summed E-state index contributed by atoms with van der Waals surface area (Å²) in [5.74, 6) is -2.59. The van der Waals surface area contributed by atoms with E-state index in [-0.39, 0.29) is 49.3 Å². The van der Waals surface area contributed by atoms with Crippen LogP contribution in [0.1, 0.15) is 31.2 Å². The van der Waals surface area contributed by atoms with Crippen molar-refractivity contribution in [1.82, 2.24) is 20.4 Å². The molecule has 2 saturated heterocycles. The van der Waals surface area contributed by atoms with Crippen LogP contribution < -0.4 is 16.0 Å². The molecule has 1 unspecified atom stereocenters. The van der Waals surface area contributed by atoms with Crippen molar-refractivity contribution in [2.24, 2.45) is 0 Å². The van der Waals surface area contributed by atoms with Crippen molar-refractivity contribution in [3.05, 3.63) is 29.8 Å². The molecule has 1 aromatic rings. The molecule has 0 radical (unpaired) electrons. The van der Waals surface area contributed by atoms with Crippen LogP contribution in [0.5, 0.6) is 0 Å². The summed E-state index contributed by atoms with van der Waals surface area (Å²) in [6.45, 7) is -0.456. The van der Waals surface area contributed by atoms with Gasteiger partial charge in [0.1, 0.15) is 19.5 Å². The number of nitrogens with one attached hydrogen (secondary N) is 3. The van der Waals surface area contributed by atoms with Crippen LogP contribution in [0, 0.1) is 0 Å². The molecule has 0 aromatic heterocycles. The summed E-state index contributed by atoms with van der Waals surface area (Å²) in [5.41, 5.74) is 1.36. The van der Waals surface area contributed by atoms with Crippen molar-refractivity contribution in [3.63, 3.8) is 0 Å². The van der Waals surface area contributed by atoms with Gasteiger partial charge in [-0.2, -0.15) is 0 Å². The lowest BCUT2D eigenvalue weighted by Crippen LogP contribution is -2.47. The van der Waals surface area contributed by atoms with Gasteiger partial charge in [0.15, 0.2) is 0 Å². The van der Waals surface area contributed by atoms with Crippen LogP contribution in [0.4, 0.5) is 5.69 Å². The zero-order valence-electron chi connectivity index (χ0n) is 23.1. The second-order valence-electron chi connectivity index (χ2n) is 9.57. The molecule has 226 valence electrons. The number of nitrogens with zero attached hydrogens (tertiary/aromatic N) is 2. The van der Waals surface area contributed by atoms with Gasteiger partial charge < -0.3 is 25.5 Å². The molecule has 14 nitrogen and oxygen atoms in total. The number of carbonyl (C=O) groups excluding carboxylic acids is 8. The van der Waals surface area contributed by atoms with E-state index in [1.54, 1.807) is 24.3 Å². The minimum atomic E-state index is -0.942. The number of β-lactam (4-membered cyclic amide) rings is 1. The Hall–Kier alpha value is -4.11. The molecular formula is C27H33N5O9S. The van der Waals surface area contributed by atoms with Gasteiger partial charge in [-0.3, -0.25) is 43.4 Å². The van der Waals surface area contributed by atoms with Gasteiger partial charge in [-0.1, -0.05) is 12.1 Å². The zero-order chi connectivity index (χ0) is 30.6. The number of imide groups is 2. The molecule has 0 bridgehead atoms. The number of carbonyl (C=O) groups is 8. The van der Waals surface area contributed by atoms with Crippen molar-refractivity contribution in [1.29, 1.82) is 0 Å². The average molecular weight is 604 g/mol. The predicted molar refractivity (Wildman–Crippen MR) is 150 cm³/mol. The number of aldehydes is 1. The molecule has 2 fully saturated rings. The van der Waals surface area contributed by atoms with Crippen molar-refractivity contribution < 1.29 is 43.1 Å². The van der Waals surface area contributed by atoms with Crippen LogP contribution in [0.2, 0.25) is 0 Å². The van der Waals surface area contributed by atoms with E-state index >= 15 is 0 Å². The summed E-state index contributed by atoms with van der Waals surface area (Å²) < 4.78 is 5.13. The quantitative estimate of drug-likeness (QED) is 0.120. The number of ether oxygens (including phenoxy) is 1. The molecule has 0 saturated carbocycles. The first-order valence-electron chi connectivity index (χ1n) is 13.3. The second-order valence-corrected chi connectivity index (χ2v) is 10.8. The van der Waals surface area contributed by atoms with Crippen LogP contribution >= 0.6 is 11.8 Å². The Bertz CT molecular complexity index is 1220. The van der Waals surface area contributed by atoms with E-state index in [1.807, 2.05) is 0 Å². The Morgan fingerprint density at radius 1 is 1.02 bits per heavy atom. The molecule has 2 heterocycles. The number of hydrogen-bond acceptors (Lipinski definition) is 10. The standard InChI is InChI=1S/C27H33N5O9S/c1-28-21(34)8-10-32-26(39)12-20(27(32)40)42-16-19(13-33)30-23(36)15-41-14-22(35)29-18-5-2-17(3-6-18)4-7-24(37)31-11-9-25(31)38/h2-3,5-6,13,19-20H,4,7-12,14-16H2,1H3,(H,28,34)(H,29,35)(H,30,36)/t19-,20?/m1/s1. The molecule has 3 N–H and O–H groups in total. The van der Waals surface area contributed by atoms with Gasteiger partial charge in [-0.15, -0.1) is 11.8 Å². The molecule has 3 rings (SSSR count). The van der Waals surface area contributed by atoms with Gasteiger partial charge in [0.2, 0.25) is 41.4 Å². The van der Waals surface area contributed by atoms with Gasteiger partial charge in [0.25, 0.3) is 0 Å². The molecule has 7 amide bonds. The average Bonchev–Trinajstić information content (AvgIpc) is 3.24. The summed E-state index contributed by atoms with van der Waals surface area (Å²) in [4.78, 5) is 97.3. The van der Waals surface area contributed by atoms with Crippen molar-refractivity contribution >= 4 is 65.1 Å². The van der Waals surface area contributed by atoms with E-state index in [4.69, 9.17) is 4.74 Å². The monoisotopic (exact) mass is 603 g/mol. The van der Waals surface area contributed by atoms with Gasteiger partial charge in [-0.25, -0.2) is 0 Å². The fraction of sp³-hybridized carbons (Fsp3) is 0.481. The summed E-state index contributed by atoms with van der Waals surface area (Å²) in [5, 5.41) is 6.78. The molecule has 2 aliphatic rings. The lowest BCUT2D eigenvalue weighted by Gasteiger charge is -2.28. The number of benzene rings is 1. The smallest absolute Gasteiger partial charge is 0.250 e. The van der Waals surface area contributed by atoms with Crippen LogP contribution in [-0.2, 0) is 49.5 Å². The fourth-order valence-corrected chi connectivity index (χ4v) is 5.22. The van der Waals surface area contributed by atoms with E-state index in [1.165, 1.54) is 11.9 Å². The highest BCUT2D eigenvalue weighted by molar-refractivity contribution is 8.00. The highest BCUT2D eigenvalue weighted by atomic mass is 32.2. The largest absolute Gasteiger partial charge is 0.362 e. The Morgan fingerprint density at radius 2 is 1.74 bits per heavy atom. The Kier molecular flexibility index (Phi) is 12.2. The topological polar surface area (TPSA) is 188 Å². The maximum absolute atomic E-state index is 12.5. The lowest BCUT2D eigenvalue weighted by atomic mass is 10.1. The van der Waals surface area contributed by atoms with Crippen LogP contribution in [0.15, 0.2) is 24.3 Å². The minimum absolute atomic E-state index is 0.00422. The minimum Gasteiger partial charge on any atom is -0.362 e. The number of hydrogen-bond donors (Lipinski definition) is 3. The number of thioether (sulfide) groups is 1. The van der Waals surface area contributed by atoms with E-state index < -0.39 is 48.1 Å². The highest BCUT2D eigenvalue weighted by Crippen LogP contribution is 2.25. The first-order chi connectivity index (χ1) is 20.1. The number of aryl methyl sites for hydroxylation is 1. The fourth-order valence-electron chi connectivity index (χ4n) is 4.09. The third-order valence-electron chi connectivity index (χ3n) is 6.51. The van der Waals surface area contributed by atoms with E-state index in [9.17, 15) is 38.4 Å². The van der Waals surface area contributed by atoms with E-state index in [2.05, 4.69) is 16.0 Å². The Morgan fingerprint density at radius 3 is 2.36 bits per heavy atom.